The normalized spacial score (nSPS) is 15.1. The van der Waals surface area contributed by atoms with E-state index in [-0.39, 0.29) is 0 Å². The quantitative estimate of drug-likeness (QED) is 0.706. The highest BCUT2D eigenvalue weighted by molar-refractivity contribution is 7.84. The Balaban J connectivity index is 3.15. The minimum absolute atomic E-state index is 0.361. The highest BCUT2D eigenvalue weighted by Crippen LogP contribution is 2.32. The first kappa shape index (κ1) is 13.1. The summed E-state index contributed by atoms with van der Waals surface area (Å²) in [6.07, 6.45) is 4.25. The third-order valence-electron chi connectivity index (χ3n) is 2.97. The predicted octanol–water partition coefficient (Wildman–Crippen LogP) is 4.87. The van der Waals surface area contributed by atoms with E-state index in [9.17, 15) is 0 Å². The number of hydrogen-bond donors (Lipinski definition) is 1. The Morgan fingerprint density at radius 3 is 2.31 bits per heavy atom. The first-order valence-corrected chi connectivity index (χ1v) is 6.13. The van der Waals surface area contributed by atoms with Crippen molar-refractivity contribution >= 4 is 18.2 Å². The molecule has 0 fully saturated rings. The summed E-state index contributed by atoms with van der Waals surface area (Å²) >= 11 is 4.52. The summed E-state index contributed by atoms with van der Waals surface area (Å²) in [7, 11) is 0. The van der Waals surface area contributed by atoms with Gasteiger partial charge in [0.05, 0.1) is 0 Å². The van der Waals surface area contributed by atoms with E-state index in [1.54, 1.807) is 0 Å². The van der Waals surface area contributed by atoms with Crippen LogP contribution in [0.5, 0.6) is 0 Å². The van der Waals surface area contributed by atoms with Gasteiger partial charge in [-0.05, 0) is 42.4 Å². The predicted molar refractivity (Wildman–Crippen MR) is 76.7 cm³/mol. The molecule has 1 rings (SSSR count). The zero-order valence-electron chi connectivity index (χ0n) is 10.5. The smallest absolute Gasteiger partial charge is 0.0118 e. The van der Waals surface area contributed by atoms with Gasteiger partial charge < -0.3 is 0 Å². The van der Waals surface area contributed by atoms with Crippen molar-refractivity contribution in [2.75, 3.05) is 0 Å². The molecule has 0 saturated heterocycles. The van der Waals surface area contributed by atoms with Crippen LogP contribution in [0.2, 0.25) is 0 Å². The van der Waals surface area contributed by atoms with Crippen LogP contribution in [0.4, 0.5) is 0 Å². The van der Waals surface area contributed by atoms with Crippen LogP contribution in [0.1, 0.15) is 31.9 Å². The molecule has 0 aliphatic carbocycles. The second-order valence-corrected chi connectivity index (χ2v) is 4.51. The van der Waals surface area contributed by atoms with Crippen LogP contribution in [-0.4, -0.2) is 0 Å². The van der Waals surface area contributed by atoms with E-state index in [1.807, 2.05) is 6.92 Å². The lowest BCUT2D eigenvalue weighted by Gasteiger charge is -2.18. The number of allylic oxidation sites excluding steroid dienone is 4. The Morgan fingerprint density at radius 1 is 1.19 bits per heavy atom. The van der Waals surface area contributed by atoms with Gasteiger partial charge in [0.25, 0.3) is 0 Å². The van der Waals surface area contributed by atoms with Gasteiger partial charge in [-0.25, -0.2) is 0 Å². The Morgan fingerprint density at radius 2 is 1.81 bits per heavy atom. The molecule has 0 aliphatic rings. The number of hydrogen-bond acceptors (Lipinski definition) is 1. The van der Waals surface area contributed by atoms with E-state index < -0.39 is 0 Å². The number of thiol groups is 1. The molecular weight excluding hydrogens is 212 g/mol. The van der Waals surface area contributed by atoms with Crippen LogP contribution in [0.15, 0.2) is 41.3 Å². The van der Waals surface area contributed by atoms with Crippen molar-refractivity contribution in [2.45, 2.75) is 27.7 Å². The zero-order valence-corrected chi connectivity index (χ0v) is 11.4. The van der Waals surface area contributed by atoms with Crippen molar-refractivity contribution < 1.29 is 0 Å². The van der Waals surface area contributed by atoms with E-state index in [4.69, 9.17) is 0 Å². The summed E-state index contributed by atoms with van der Waals surface area (Å²) in [5, 5.41) is 0. The fraction of sp³-hybridized carbons (Fsp3) is 0.333. The number of benzene rings is 1. The van der Waals surface area contributed by atoms with E-state index in [1.165, 1.54) is 16.7 Å². The maximum absolute atomic E-state index is 4.52. The van der Waals surface area contributed by atoms with Crippen LogP contribution in [0.25, 0.3) is 5.57 Å². The summed E-state index contributed by atoms with van der Waals surface area (Å²) in [5.41, 5.74) is 3.99. The molecule has 1 unspecified atom stereocenters. The van der Waals surface area contributed by atoms with E-state index >= 15 is 0 Å². The summed E-state index contributed by atoms with van der Waals surface area (Å²) in [6, 6.07) is 8.50. The van der Waals surface area contributed by atoms with Crippen LogP contribution < -0.4 is 0 Å². The Kier molecular flexibility index (Phi) is 4.88. The van der Waals surface area contributed by atoms with Crippen molar-refractivity contribution in [1.82, 2.24) is 0 Å². The minimum Gasteiger partial charge on any atom is -0.148 e. The molecule has 0 aromatic heterocycles. The molecule has 86 valence electrons. The average molecular weight is 232 g/mol. The minimum atomic E-state index is 0.361. The molecule has 16 heavy (non-hydrogen) atoms. The number of aryl methyl sites for hydroxylation is 1. The second-order valence-electron chi connectivity index (χ2n) is 3.99. The van der Waals surface area contributed by atoms with E-state index in [2.05, 4.69) is 69.8 Å². The van der Waals surface area contributed by atoms with Crippen molar-refractivity contribution in [3.8, 4) is 0 Å². The zero-order chi connectivity index (χ0) is 12.1. The molecule has 1 heteroatoms. The molecule has 0 radical (unpaired) electrons. The topological polar surface area (TPSA) is 0 Å². The SMILES string of the molecule is C/C=C(\S)C(C)/C(=C/C)c1ccccc1C. The molecule has 0 nitrogen and oxygen atoms in total. The Bertz CT molecular complexity index is 413. The van der Waals surface area contributed by atoms with Crippen LogP contribution in [0.3, 0.4) is 0 Å². The molecule has 0 aliphatic heterocycles. The molecule has 0 spiro atoms. The van der Waals surface area contributed by atoms with Gasteiger partial charge in [-0.15, -0.1) is 12.6 Å². The fourth-order valence-electron chi connectivity index (χ4n) is 1.94. The summed E-state index contributed by atoms with van der Waals surface area (Å²) in [5.74, 6) is 0.361. The highest BCUT2D eigenvalue weighted by Gasteiger charge is 2.13. The van der Waals surface area contributed by atoms with Gasteiger partial charge in [-0.1, -0.05) is 43.3 Å². The van der Waals surface area contributed by atoms with Crippen molar-refractivity contribution in [2.24, 2.45) is 5.92 Å². The van der Waals surface area contributed by atoms with Gasteiger partial charge in [0.1, 0.15) is 0 Å². The third-order valence-corrected chi connectivity index (χ3v) is 3.62. The maximum atomic E-state index is 4.52. The molecule has 1 aromatic rings. The lowest BCUT2D eigenvalue weighted by Crippen LogP contribution is -2.00. The van der Waals surface area contributed by atoms with Crippen molar-refractivity contribution in [3.63, 3.8) is 0 Å². The van der Waals surface area contributed by atoms with E-state index in [0.717, 1.165) is 4.91 Å². The van der Waals surface area contributed by atoms with Crippen LogP contribution in [0, 0.1) is 12.8 Å². The lowest BCUT2D eigenvalue weighted by molar-refractivity contribution is 0.941. The molecule has 0 saturated carbocycles. The molecule has 0 N–H and O–H groups in total. The van der Waals surface area contributed by atoms with Gasteiger partial charge >= 0.3 is 0 Å². The van der Waals surface area contributed by atoms with Gasteiger partial charge in [-0.3, -0.25) is 0 Å². The monoisotopic (exact) mass is 232 g/mol. The first-order valence-electron chi connectivity index (χ1n) is 5.69. The average Bonchev–Trinajstić information content (AvgIpc) is 2.31. The van der Waals surface area contributed by atoms with Gasteiger partial charge in [0, 0.05) is 5.92 Å². The van der Waals surface area contributed by atoms with Crippen molar-refractivity contribution in [1.29, 1.82) is 0 Å². The fourth-order valence-corrected chi connectivity index (χ4v) is 2.08. The van der Waals surface area contributed by atoms with Crippen LogP contribution >= 0.6 is 12.6 Å². The molecule has 1 aromatic carbocycles. The van der Waals surface area contributed by atoms with Gasteiger partial charge in [0.15, 0.2) is 0 Å². The molecule has 0 bridgehead atoms. The molecule has 0 heterocycles. The second kappa shape index (κ2) is 5.95. The molecule has 1 atom stereocenters. The van der Waals surface area contributed by atoms with Gasteiger partial charge in [0.2, 0.25) is 0 Å². The van der Waals surface area contributed by atoms with Crippen LogP contribution in [-0.2, 0) is 0 Å². The molecular formula is C15H20S. The summed E-state index contributed by atoms with van der Waals surface area (Å²) in [4.78, 5) is 1.12. The van der Waals surface area contributed by atoms with Crippen molar-refractivity contribution in [3.05, 3.63) is 52.4 Å². The largest absolute Gasteiger partial charge is 0.148 e. The first-order chi connectivity index (χ1) is 7.61. The Labute approximate surface area is 104 Å². The Hall–Kier alpha value is -0.950. The lowest BCUT2D eigenvalue weighted by atomic mass is 9.90. The molecule has 0 amide bonds. The standard InChI is InChI=1S/C15H20S/c1-5-13(12(4)15(16)6-2)14-10-8-7-9-11(14)3/h5-10,12,16H,1-4H3/b13-5-,15-6-. The summed E-state index contributed by atoms with van der Waals surface area (Å²) in [6.45, 7) is 8.47. The highest BCUT2D eigenvalue weighted by atomic mass is 32.1. The maximum Gasteiger partial charge on any atom is 0.0118 e. The number of rotatable bonds is 3. The third kappa shape index (κ3) is 2.79. The summed E-state index contributed by atoms with van der Waals surface area (Å²) < 4.78 is 0. The van der Waals surface area contributed by atoms with Gasteiger partial charge in [-0.2, -0.15) is 0 Å². The van der Waals surface area contributed by atoms with E-state index in [0.29, 0.717) is 5.92 Å².